The third-order valence-electron chi connectivity index (χ3n) is 4.88. The molecule has 0 spiro atoms. The molecule has 5 aromatic rings. The highest BCUT2D eigenvalue weighted by Crippen LogP contribution is 2.32. The van der Waals surface area contributed by atoms with Gasteiger partial charge < -0.3 is 9.14 Å². The number of benzene rings is 2. The van der Waals surface area contributed by atoms with Crippen LogP contribution >= 0.6 is 0 Å². The molecule has 0 N–H and O–H groups in total. The Kier molecular flexibility index (Phi) is 4.51. The summed E-state index contributed by atoms with van der Waals surface area (Å²) < 4.78 is 7.94. The van der Waals surface area contributed by atoms with Crippen molar-refractivity contribution >= 4 is 5.65 Å². The van der Waals surface area contributed by atoms with E-state index in [1.54, 1.807) is 0 Å². The summed E-state index contributed by atoms with van der Waals surface area (Å²) in [4.78, 5) is 8.69. The van der Waals surface area contributed by atoms with Crippen LogP contribution in [0.5, 0.6) is 5.75 Å². The van der Waals surface area contributed by atoms with E-state index >= 15 is 0 Å². The molecule has 4 nitrogen and oxygen atoms in total. The van der Waals surface area contributed by atoms with Crippen LogP contribution in [0.15, 0.2) is 104 Å². The normalized spacial score (nSPS) is 10.9. The van der Waals surface area contributed by atoms with Crippen molar-refractivity contribution in [2.45, 2.75) is 6.61 Å². The van der Waals surface area contributed by atoms with Gasteiger partial charge >= 0.3 is 0 Å². The van der Waals surface area contributed by atoms with Gasteiger partial charge in [-0.1, -0.05) is 42.5 Å². The Morgan fingerprint density at radius 3 is 2.14 bits per heavy atom. The number of hydrogen-bond acceptors (Lipinski definition) is 3. The zero-order valence-electron chi connectivity index (χ0n) is 15.8. The Morgan fingerprint density at radius 2 is 1.41 bits per heavy atom. The van der Waals surface area contributed by atoms with Crippen molar-refractivity contribution < 1.29 is 4.74 Å². The smallest absolute Gasteiger partial charge is 0.137 e. The zero-order valence-corrected chi connectivity index (χ0v) is 15.8. The molecule has 0 aliphatic rings. The number of pyridine rings is 2. The third-order valence-corrected chi connectivity index (χ3v) is 4.88. The fraction of sp³-hybridized carbons (Fsp3) is 0.0400. The largest absolute Gasteiger partial charge is 0.487 e. The fourth-order valence-electron chi connectivity index (χ4n) is 3.46. The van der Waals surface area contributed by atoms with Crippen molar-refractivity contribution in [1.82, 2.24) is 14.4 Å². The van der Waals surface area contributed by atoms with Crippen LogP contribution in [0.3, 0.4) is 0 Å². The topological polar surface area (TPSA) is 39.4 Å². The van der Waals surface area contributed by atoms with Crippen LogP contribution in [0.25, 0.3) is 27.9 Å². The number of aromatic nitrogens is 3. The first-order chi connectivity index (χ1) is 14.4. The molecule has 2 aromatic carbocycles. The van der Waals surface area contributed by atoms with Crippen LogP contribution in [-0.4, -0.2) is 14.4 Å². The predicted octanol–water partition coefficient (Wildman–Crippen LogP) is 5.64. The molecule has 29 heavy (non-hydrogen) atoms. The van der Waals surface area contributed by atoms with Crippen LogP contribution in [0.4, 0.5) is 0 Å². The SMILES string of the molecule is c1ccc(-c2ccc(OCc3cn4ccccc4n3)cc2)c(-c2ccncc2)c1. The number of rotatable bonds is 5. The average Bonchev–Trinajstić information content (AvgIpc) is 3.22. The van der Waals surface area contributed by atoms with Crippen molar-refractivity contribution in [2.75, 3.05) is 0 Å². The first-order valence-corrected chi connectivity index (χ1v) is 9.52. The second-order valence-electron chi connectivity index (χ2n) is 6.79. The van der Waals surface area contributed by atoms with E-state index in [4.69, 9.17) is 4.74 Å². The maximum absolute atomic E-state index is 5.94. The highest BCUT2D eigenvalue weighted by Gasteiger charge is 2.07. The monoisotopic (exact) mass is 377 g/mol. The van der Waals surface area contributed by atoms with Crippen molar-refractivity contribution in [1.29, 1.82) is 0 Å². The number of imidazole rings is 1. The van der Waals surface area contributed by atoms with Gasteiger partial charge in [0, 0.05) is 24.8 Å². The molecule has 4 heteroatoms. The summed E-state index contributed by atoms with van der Waals surface area (Å²) in [6, 6.07) is 26.6. The van der Waals surface area contributed by atoms with E-state index in [9.17, 15) is 0 Å². The highest BCUT2D eigenvalue weighted by atomic mass is 16.5. The summed E-state index contributed by atoms with van der Waals surface area (Å²) in [5, 5.41) is 0. The second kappa shape index (κ2) is 7.60. The molecule has 0 fully saturated rings. The van der Waals surface area contributed by atoms with Crippen LogP contribution in [0, 0.1) is 0 Å². The minimum absolute atomic E-state index is 0.439. The Labute approximate surface area is 169 Å². The van der Waals surface area contributed by atoms with E-state index in [1.807, 2.05) is 71.7 Å². The summed E-state index contributed by atoms with van der Waals surface area (Å²) in [5.41, 5.74) is 6.51. The maximum Gasteiger partial charge on any atom is 0.137 e. The van der Waals surface area contributed by atoms with Gasteiger partial charge in [0.2, 0.25) is 0 Å². The summed E-state index contributed by atoms with van der Waals surface area (Å²) in [6.45, 7) is 0.439. The summed E-state index contributed by atoms with van der Waals surface area (Å²) in [5.74, 6) is 0.826. The van der Waals surface area contributed by atoms with E-state index in [0.29, 0.717) is 6.61 Å². The standard InChI is InChI=1S/C25H19N3O/c1-2-6-24(20-12-14-26-15-13-20)23(5-1)19-8-10-22(11-9-19)29-18-21-17-28-16-4-3-7-25(28)27-21/h1-17H,18H2. The zero-order chi connectivity index (χ0) is 19.5. The lowest BCUT2D eigenvalue weighted by Gasteiger charge is -2.11. The molecule has 0 aliphatic carbocycles. The third kappa shape index (κ3) is 3.60. The van der Waals surface area contributed by atoms with E-state index in [-0.39, 0.29) is 0 Å². The van der Waals surface area contributed by atoms with Crippen molar-refractivity contribution in [3.63, 3.8) is 0 Å². The Bertz CT molecular complexity index is 1210. The summed E-state index contributed by atoms with van der Waals surface area (Å²) in [7, 11) is 0. The minimum Gasteiger partial charge on any atom is -0.487 e. The number of hydrogen-bond donors (Lipinski definition) is 0. The molecule has 3 heterocycles. The van der Waals surface area contributed by atoms with Crippen LogP contribution in [0.1, 0.15) is 5.69 Å². The predicted molar refractivity (Wildman–Crippen MR) is 115 cm³/mol. The van der Waals surface area contributed by atoms with Crippen molar-refractivity contribution in [2.24, 2.45) is 0 Å². The van der Waals surface area contributed by atoms with Gasteiger partial charge in [-0.3, -0.25) is 4.98 Å². The fourth-order valence-corrected chi connectivity index (χ4v) is 3.46. The molecule has 0 aliphatic heterocycles. The van der Waals surface area contributed by atoms with Gasteiger partial charge in [0.15, 0.2) is 0 Å². The van der Waals surface area contributed by atoms with Crippen molar-refractivity contribution in [3.05, 3.63) is 109 Å². The Hall–Kier alpha value is -3.92. The van der Waals surface area contributed by atoms with Crippen LogP contribution < -0.4 is 4.74 Å². The maximum atomic E-state index is 5.94. The average molecular weight is 377 g/mol. The lowest BCUT2D eigenvalue weighted by atomic mass is 9.95. The summed E-state index contributed by atoms with van der Waals surface area (Å²) >= 11 is 0. The van der Waals surface area contributed by atoms with Gasteiger partial charge in [0.05, 0.1) is 5.69 Å². The minimum atomic E-state index is 0.439. The second-order valence-corrected chi connectivity index (χ2v) is 6.79. The first-order valence-electron chi connectivity index (χ1n) is 9.52. The molecule has 5 rings (SSSR count). The van der Waals surface area contributed by atoms with Crippen LogP contribution in [-0.2, 0) is 6.61 Å². The van der Waals surface area contributed by atoms with Gasteiger partial charge in [0.25, 0.3) is 0 Å². The molecule has 0 saturated heterocycles. The van der Waals surface area contributed by atoms with E-state index in [0.717, 1.165) is 28.2 Å². The van der Waals surface area contributed by atoms with E-state index in [1.165, 1.54) is 11.1 Å². The molecule has 140 valence electrons. The van der Waals surface area contributed by atoms with Gasteiger partial charge in [-0.15, -0.1) is 0 Å². The van der Waals surface area contributed by atoms with Gasteiger partial charge in [-0.2, -0.15) is 0 Å². The lowest BCUT2D eigenvalue weighted by Crippen LogP contribution is -1.95. The molecular formula is C25H19N3O. The molecule has 0 radical (unpaired) electrons. The van der Waals surface area contributed by atoms with E-state index < -0.39 is 0 Å². The molecular weight excluding hydrogens is 358 g/mol. The molecule has 0 unspecified atom stereocenters. The van der Waals surface area contributed by atoms with Crippen molar-refractivity contribution in [3.8, 4) is 28.0 Å². The highest BCUT2D eigenvalue weighted by molar-refractivity contribution is 5.83. The number of ether oxygens (including phenoxy) is 1. The molecule has 0 saturated carbocycles. The lowest BCUT2D eigenvalue weighted by molar-refractivity contribution is 0.302. The number of fused-ring (bicyclic) bond motifs is 1. The molecule has 3 aromatic heterocycles. The molecule has 0 atom stereocenters. The summed E-state index contributed by atoms with van der Waals surface area (Å²) in [6.07, 6.45) is 7.63. The van der Waals surface area contributed by atoms with E-state index in [2.05, 4.69) is 46.4 Å². The van der Waals surface area contributed by atoms with Gasteiger partial charge in [-0.05, 0) is 58.7 Å². The Morgan fingerprint density at radius 1 is 0.724 bits per heavy atom. The van der Waals surface area contributed by atoms with Gasteiger partial charge in [-0.25, -0.2) is 4.98 Å². The number of nitrogens with zero attached hydrogens (tertiary/aromatic N) is 3. The first kappa shape index (κ1) is 17.2. The van der Waals surface area contributed by atoms with Crippen LogP contribution in [0.2, 0.25) is 0 Å². The Balaban J connectivity index is 1.36. The quantitative estimate of drug-likeness (QED) is 0.398. The van der Waals surface area contributed by atoms with Gasteiger partial charge in [0.1, 0.15) is 18.0 Å². The molecule has 0 amide bonds. The molecule has 0 bridgehead atoms.